The fourth-order valence-electron chi connectivity index (χ4n) is 4.53. The Hall–Kier alpha value is -1.95. The van der Waals surface area contributed by atoms with Crippen molar-refractivity contribution >= 4 is 29.1 Å². The first-order valence-corrected chi connectivity index (χ1v) is 14.3. The van der Waals surface area contributed by atoms with Gasteiger partial charge in [0.05, 0.1) is 74.9 Å². The van der Waals surface area contributed by atoms with Crippen molar-refractivity contribution in [1.29, 1.82) is 0 Å². The second kappa shape index (κ2) is 17.8. The van der Waals surface area contributed by atoms with Crippen LogP contribution in [0.3, 0.4) is 0 Å². The molecule has 40 heavy (non-hydrogen) atoms. The van der Waals surface area contributed by atoms with Crippen LogP contribution < -0.4 is 4.74 Å². The summed E-state index contributed by atoms with van der Waals surface area (Å²) in [7, 11) is 1.83. The van der Waals surface area contributed by atoms with E-state index < -0.39 is 0 Å². The first-order valence-electron chi connectivity index (χ1n) is 13.5. The Labute approximate surface area is 246 Å². The minimum atomic E-state index is -0.192. The number of benzene rings is 2. The molecule has 0 aromatic heterocycles. The maximum Gasteiger partial charge on any atom is 0.227 e. The van der Waals surface area contributed by atoms with Crippen LogP contribution in [0.4, 0.5) is 0 Å². The predicted molar refractivity (Wildman–Crippen MR) is 154 cm³/mol. The van der Waals surface area contributed by atoms with Crippen LogP contribution in [-0.4, -0.2) is 112 Å². The van der Waals surface area contributed by atoms with Gasteiger partial charge in [0.25, 0.3) is 0 Å². The average molecular weight is 600 g/mol. The van der Waals surface area contributed by atoms with Gasteiger partial charge in [-0.1, -0.05) is 41.4 Å². The second-order valence-corrected chi connectivity index (χ2v) is 10.4. The maximum absolute atomic E-state index is 13.4. The molecule has 2 aromatic rings. The van der Waals surface area contributed by atoms with Gasteiger partial charge in [-0.25, -0.2) is 0 Å². The van der Waals surface area contributed by atoms with E-state index in [-0.39, 0.29) is 44.3 Å². The third-order valence-electron chi connectivity index (χ3n) is 6.67. The number of aliphatic hydroxyl groups is 2. The number of rotatable bonds is 18. The summed E-state index contributed by atoms with van der Waals surface area (Å²) in [5, 5.41) is 18.6. The highest BCUT2D eigenvalue weighted by atomic mass is 35.5. The summed E-state index contributed by atoms with van der Waals surface area (Å²) >= 11 is 12.2. The van der Waals surface area contributed by atoms with Gasteiger partial charge in [-0.3, -0.25) is 9.69 Å². The van der Waals surface area contributed by atoms with Crippen LogP contribution in [0.15, 0.2) is 42.5 Å². The molecular weight excluding hydrogens is 559 g/mol. The molecule has 0 aliphatic carbocycles. The minimum Gasteiger partial charge on any atom is -0.491 e. The lowest BCUT2D eigenvalue weighted by Crippen LogP contribution is -2.39. The van der Waals surface area contributed by atoms with E-state index in [1.54, 1.807) is 17.0 Å². The highest BCUT2D eigenvalue weighted by molar-refractivity contribution is 6.42. The number of aliphatic hydroxyl groups excluding tert-OH is 2. The highest BCUT2D eigenvalue weighted by Gasteiger charge is 2.29. The van der Waals surface area contributed by atoms with Crippen LogP contribution in [0.1, 0.15) is 23.6 Å². The normalized spacial score (nSPS) is 16.3. The average Bonchev–Trinajstić information content (AvgIpc) is 3.41. The van der Waals surface area contributed by atoms with Gasteiger partial charge in [-0.05, 0) is 41.8 Å². The number of likely N-dealkylation sites (N-methyl/N-ethyl adjacent to an activating group) is 1. The minimum absolute atomic E-state index is 0.00761. The molecule has 2 atom stereocenters. The van der Waals surface area contributed by atoms with Crippen LogP contribution in [0, 0.1) is 0 Å². The number of carbonyl (C=O) groups excluding carboxylic acids is 1. The van der Waals surface area contributed by atoms with Crippen molar-refractivity contribution in [2.75, 3.05) is 79.5 Å². The number of amides is 1. The Bertz CT molecular complexity index is 1030. The van der Waals surface area contributed by atoms with Gasteiger partial charge in [0, 0.05) is 26.7 Å². The van der Waals surface area contributed by atoms with Gasteiger partial charge in [-0.2, -0.15) is 0 Å². The zero-order valence-electron chi connectivity index (χ0n) is 23.0. The number of halogens is 2. The summed E-state index contributed by atoms with van der Waals surface area (Å²) in [4.78, 5) is 17.5. The zero-order valence-corrected chi connectivity index (χ0v) is 24.5. The SMILES string of the molecule is CN(C(=O)Cc1ccc(Cl)c(Cl)c1)[C@H](CN1CCC(OCCOCCOCCO)C1)c1ccc(OCCO)cc1. The van der Waals surface area contributed by atoms with E-state index in [1.807, 2.05) is 37.4 Å². The van der Waals surface area contributed by atoms with Crippen LogP contribution in [0.5, 0.6) is 5.75 Å². The Morgan fingerprint density at radius 2 is 1.68 bits per heavy atom. The number of likely N-dealkylation sites (tertiary alicyclic amines) is 1. The maximum atomic E-state index is 13.4. The summed E-state index contributed by atoms with van der Waals surface area (Å²) in [6.07, 6.45) is 1.21. The van der Waals surface area contributed by atoms with E-state index in [0.29, 0.717) is 55.4 Å². The van der Waals surface area contributed by atoms with Gasteiger partial charge in [0.1, 0.15) is 12.4 Å². The van der Waals surface area contributed by atoms with Crippen molar-refractivity contribution in [2.24, 2.45) is 0 Å². The Balaban J connectivity index is 1.58. The number of carbonyl (C=O) groups is 1. The predicted octanol–water partition coefficient (Wildman–Crippen LogP) is 3.22. The molecule has 1 aliphatic heterocycles. The Morgan fingerprint density at radius 3 is 2.38 bits per heavy atom. The standard InChI is InChI=1S/C29H40Cl2N2O7/c1-32(29(36)19-22-2-7-26(30)27(31)18-22)28(23-3-5-24(6-4-23)39-13-11-35)21-33-9-8-25(20-33)40-17-16-38-15-14-37-12-10-34/h2-7,18,25,28,34-35H,8-17,19-21H2,1H3/t25?,28-/m1/s1. The largest absolute Gasteiger partial charge is 0.491 e. The molecule has 1 heterocycles. The molecule has 1 aliphatic rings. The number of nitrogens with zero attached hydrogens (tertiary/aromatic N) is 2. The lowest BCUT2D eigenvalue weighted by molar-refractivity contribution is -0.131. The van der Waals surface area contributed by atoms with Crippen LogP contribution in [0.25, 0.3) is 0 Å². The molecule has 9 nitrogen and oxygen atoms in total. The van der Waals surface area contributed by atoms with E-state index >= 15 is 0 Å². The number of ether oxygens (including phenoxy) is 4. The topological polar surface area (TPSA) is 101 Å². The molecule has 3 rings (SSSR count). The van der Waals surface area contributed by atoms with Crippen molar-refractivity contribution in [2.45, 2.75) is 25.0 Å². The summed E-state index contributed by atoms with van der Waals surface area (Å²) in [6, 6.07) is 12.7. The summed E-state index contributed by atoms with van der Waals surface area (Å²) < 4.78 is 22.2. The Kier molecular flexibility index (Phi) is 14.5. The fourth-order valence-corrected chi connectivity index (χ4v) is 4.85. The first-order chi connectivity index (χ1) is 19.4. The van der Waals surface area contributed by atoms with E-state index in [4.69, 9.17) is 52.4 Å². The van der Waals surface area contributed by atoms with E-state index in [0.717, 1.165) is 30.6 Å². The third kappa shape index (κ3) is 10.8. The quantitative estimate of drug-likeness (QED) is 0.252. The molecule has 2 N–H and O–H groups in total. The number of hydrogen-bond acceptors (Lipinski definition) is 8. The summed E-state index contributed by atoms with van der Waals surface area (Å²) in [6.45, 7) is 4.68. The van der Waals surface area contributed by atoms with Crippen molar-refractivity contribution in [3.05, 3.63) is 63.6 Å². The molecule has 1 fully saturated rings. The second-order valence-electron chi connectivity index (χ2n) is 9.58. The molecule has 0 bridgehead atoms. The van der Waals surface area contributed by atoms with Gasteiger partial charge >= 0.3 is 0 Å². The van der Waals surface area contributed by atoms with Gasteiger partial charge in [0.15, 0.2) is 0 Å². The molecule has 222 valence electrons. The Morgan fingerprint density at radius 1 is 0.975 bits per heavy atom. The van der Waals surface area contributed by atoms with E-state index in [2.05, 4.69) is 4.90 Å². The first kappa shape index (κ1) is 32.6. The van der Waals surface area contributed by atoms with Crippen molar-refractivity contribution in [3.8, 4) is 5.75 Å². The van der Waals surface area contributed by atoms with Crippen LogP contribution in [0.2, 0.25) is 10.0 Å². The smallest absolute Gasteiger partial charge is 0.227 e. The van der Waals surface area contributed by atoms with Gasteiger partial charge < -0.3 is 34.1 Å². The molecule has 0 spiro atoms. The van der Waals surface area contributed by atoms with Gasteiger partial charge in [0.2, 0.25) is 5.91 Å². The lowest BCUT2D eigenvalue weighted by atomic mass is 10.0. The van der Waals surface area contributed by atoms with Crippen molar-refractivity contribution in [3.63, 3.8) is 0 Å². The zero-order chi connectivity index (χ0) is 28.7. The molecule has 0 saturated carbocycles. The van der Waals surface area contributed by atoms with E-state index in [9.17, 15) is 4.79 Å². The lowest BCUT2D eigenvalue weighted by Gasteiger charge is -2.32. The number of hydrogen-bond donors (Lipinski definition) is 2. The van der Waals surface area contributed by atoms with Crippen LogP contribution in [-0.2, 0) is 25.4 Å². The molecule has 0 radical (unpaired) electrons. The van der Waals surface area contributed by atoms with Gasteiger partial charge in [-0.15, -0.1) is 0 Å². The summed E-state index contributed by atoms with van der Waals surface area (Å²) in [5.74, 6) is 0.634. The van der Waals surface area contributed by atoms with Crippen molar-refractivity contribution in [1.82, 2.24) is 9.80 Å². The highest BCUT2D eigenvalue weighted by Crippen LogP contribution is 2.27. The molecule has 1 amide bonds. The molecule has 1 saturated heterocycles. The molecule has 11 heteroatoms. The van der Waals surface area contributed by atoms with Crippen LogP contribution >= 0.6 is 23.2 Å². The molecule has 1 unspecified atom stereocenters. The summed E-state index contributed by atoms with van der Waals surface area (Å²) in [5.41, 5.74) is 1.79. The third-order valence-corrected chi connectivity index (χ3v) is 7.41. The fraction of sp³-hybridized carbons (Fsp3) is 0.552. The molecular formula is C29H40Cl2N2O7. The van der Waals surface area contributed by atoms with Crippen molar-refractivity contribution < 1.29 is 34.0 Å². The molecule has 2 aromatic carbocycles. The van der Waals surface area contributed by atoms with E-state index in [1.165, 1.54) is 0 Å². The monoisotopic (exact) mass is 598 g/mol.